The zero-order chi connectivity index (χ0) is 18.2. The van der Waals surface area contributed by atoms with Gasteiger partial charge in [-0.3, -0.25) is 0 Å². The molecule has 5 nitrogen and oxygen atoms in total. The Labute approximate surface area is 147 Å². The average Bonchev–Trinajstić information content (AvgIpc) is 2.64. The highest BCUT2D eigenvalue weighted by Crippen LogP contribution is 2.38. The molecule has 0 aliphatic heterocycles. The van der Waals surface area contributed by atoms with Gasteiger partial charge in [-0.1, -0.05) is 29.8 Å². The van der Waals surface area contributed by atoms with Gasteiger partial charge in [0, 0.05) is 6.08 Å². The SMILES string of the molecule is COc1cc(C=CC(=O)OCc2ccc(C)cc2)cc(OC)c1OC. The molecule has 2 rings (SSSR count). The van der Waals surface area contributed by atoms with Crippen LogP contribution < -0.4 is 14.2 Å². The van der Waals surface area contributed by atoms with Crippen molar-refractivity contribution in [3.05, 3.63) is 59.2 Å². The fraction of sp³-hybridized carbons (Fsp3) is 0.250. The normalized spacial score (nSPS) is 10.6. The van der Waals surface area contributed by atoms with Crippen LogP contribution in [0.5, 0.6) is 17.2 Å². The highest BCUT2D eigenvalue weighted by molar-refractivity contribution is 5.87. The van der Waals surface area contributed by atoms with E-state index in [1.54, 1.807) is 39.5 Å². The van der Waals surface area contributed by atoms with Crippen LogP contribution >= 0.6 is 0 Å². The summed E-state index contributed by atoms with van der Waals surface area (Å²) < 4.78 is 21.1. The van der Waals surface area contributed by atoms with Crippen molar-refractivity contribution < 1.29 is 23.7 Å². The molecular formula is C20H22O5. The molecule has 0 heterocycles. The first-order valence-electron chi connectivity index (χ1n) is 7.77. The topological polar surface area (TPSA) is 54.0 Å². The van der Waals surface area contributed by atoms with Gasteiger partial charge in [-0.25, -0.2) is 4.79 Å². The van der Waals surface area contributed by atoms with Crippen LogP contribution in [0, 0.1) is 6.92 Å². The summed E-state index contributed by atoms with van der Waals surface area (Å²) in [4.78, 5) is 11.9. The van der Waals surface area contributed by atoms with E-state index in [-0.39, 0.29) is 6.61 Å². The van der Waals surface area contributed by atoms with Crippen molar-refractivity contribution in [3.63, 3.8) is 0 Å². The maximum atomic E-state index is 11.9. The summed E-state index contributed by atoms with van der Waals surface area (Å²) in [6, 6.07) is 11.3. The van der Waals surface area contributed by atoms with E-state index in [1.165, 1.54) is 6.08 Å². The number of esters is 1. The van der Waals surface area contributed by atoms with Gasteiger partial charge < -0.3 is 18.9 Å². The first kappa shape index (κ1) is 18.4. The Morgan fingerprint density at radius 3 is 2.08 bits per heavy atom. The molecule has 0 N–H and O–H groups in total. The second kappa shape index (κ2) is 8.78. The zero-order valence-corrected chi connectivity index (χ0v) is 14.9. The summed E-state index contributed by atoms with van der Waals surface area (Å²) in [6.07, 6.45) is 3.01. The van der Waals surface area contributed by atoms with Crippen LogP contribution in [0.2, 0.25) is 0 Å². The molecule has 25 heavy (non-hydrogen) atoms. The molecule has 2 aromatic rings. The second-order valence-electron chi connectivity index (χ2n) is 5.39. The van der Waals surface area contributed by atoms with Gasteiger partial charge in [0.15, 0.2) is 11.5 Å². The molecule has 0 amide bonds. The van der Waals surface area contributed by atoms with E-state index in [9.17, 15) is 4.79 Å². The molecule has 2 aromatic carbocycles. The van der Waals surface area contributed by atoms with Gasteiger partial charge in [-0.15, -0.1) is 0 Å². The maximum absolute atomic E-state index is 11.9. The largest absolute Gasteiger partial charge is 0.493 e. The second-order valence-corrected chi connectivity index (χ2v) is 5.39. The Hall–Kier alpha value is -2.95. The van der Waals surface area contributed by atoms with Gasteiger partial charge in [0.2, 0.25) is 5.75 Å². The number of rotatable bonds is 7. The van der Waals surface area contributed by atoms with Crippen molar-refractivity contribution in [2.45, 2.75) is 13.5 Å². The lowest BCUT2D eigenvalue weighted by Crippen LogP contribution is -2.00. The monoisotopic (exact) mass is 342 g/mol. The van der Waals surface area contributed by atoms with E-state index in [0.29, 0.717) is 17.2 Å². The quantitative estimate of drug-likeness (QED) is 0.566. The van der Waals surface area contributed by atoms with E-state index < -0.39 is 5.97 Å². The van der Waals surface area contributed by atoms with Crippen LogP contribution in [-0.4, -0.2) is 27.3 Å². The number of carbonyl (C=O) groups is 1. The Bertz CT molecular complexity index is 722. The predicted octanol–water partition coefficient (Wildman–Crippen LogP) is 3.78. The van der Waals surface area contributed by atoms with Crippen molar-refractivity contribution in [2.24, 2.45) is 0 Å². The lowest BCUT2D eigenvalue weighted by Gasteiger charge is -2.12. The summed E-state index contributed by atoms with van der Waals surface area (Å²) in [5.41, 5.74) is 2.85. The molecule has 0 radical (unpaired) electrons. The molecule has 0 aromatic heterocycles. The smallest absolute Gasteiger partial charge is 0.331 e. The maximum Gasteiger partial charge on any atom is 0.331 e. The minimum absolute atomic E-state index is 0.235. The van der Waals surface area contributed by atoms with Gasteiger partial charge in [0.1, 0.15) is 6.61 Å². The number of carbonyl (C=O) groups excluding carboxylic acids is 1. The number of aryl methyl sites for hydroxylation is 1. The number of ether oxygens (including phenoxy) is 4. The molecular weight excluding hydrogens is 320 g/mol. The molecule has 0 unspecified atom stereocenters. The van der Waals surface area contributed by atoms with Gasteiger partial charge >= 0.3 is 5.97 Å². The highest BCUT2D eigenvalue weighted by Gasteiger charge is 2.12. The van der Waals surface area contributed by atoms with E-state index in [2.05, 4.69) is 0 Å². The fourth-order valence-corrected chi connectivity index (χ4v) is 2.25. The third-order valence-corrected chi connectivity index (χ3v) is 3.60. The van der Waals surface area contributed by atoms with Crippen molar-refractivity contribution in [1.29, 1.82) is 0 Å². The van der Waals surface area contributed by atoms with Crippen LogP contribution in [0.1, 0.15) is 16.7 Å². The minimum atomic E-state index is -0.422. The number of methoxy groups -OCH3 is 3. The van der Waals surface area contributed by atoms with E-state index in [1.807, 2.05) is 31.2 Å². The van der Waals surface area contributed by atoms with Crippen LogP contribution in [0.15, 0.2) is 42.5 Å². The molecule has 0 saturated heterocycles. The number of hydrogen-bond acceptors (Lipinski definition) is 5. The van der Waals surface area contributed by atoms with Gasteiger partial charge in [-0.2, -0.15) is 0 Å². The molecule has 0 aliphatic rings. The van der Waals surface area contributed by atoms with Crippen LogP contribution in [0.3, 0.4) is 0 Å². The van der Waals surface area contributed by atoms with E-state index in [4.69, 9.17) is 18.9 Å². The van der Waals surface area contributed by atoms with Crippen LogP contribution in [-0.2, 0) is 16.1 Å². The molecule has 0 spiro atoms. The molecule has 132 valence electrons. The third-order valence-electron chi connectivity index (χ3n) is 3.60. The van der Waals surface area contributed by atoms with E-state index in [0.717, 1.165) is 16.7 Å². The van der Waals surface area contributed by atoms with Crippen molar-refractivity contribution >= 4 is 12.0 Å². The first-order valence-corrected chi connectivity index (χ1v) is 7.77. The highest BCUT2D eigenvalue weighted by atomic mass is 16.5. The summed E-state index contributed by atoms with van der Waals surface area (Å²) in [5, 5.41) is 0. The van der Waals surface area contributed by atoms with Crippen molar-refractivity contribution in [3.8, 4) is 17.2 Å². The zero-order valence-electron chi connectivity index (χ0n) is 14.9. The van der Waals surface area contributed by atoms with Crippen molar-refractivity contribution in [2.75, 3.05) is 21.3 Å². The molecule has 0 atom stereocenters. The molecule has 0 fully saturated rings. The Morgan fingerprint density at radius 2 is 1.56 bits per heavy atom. The number of benzene rings is 2. The number of hydrogen-bond donors (Lipinski definition) is 0. The lowest BCUT2D eigenvalue weighted by atomic mass is 10.1. The first-order chi connectivity index (χ1) is 12.1. The summed E-state index contributed by atoms with van der Waals surface area (Å²) in [7, 11) is 4.62. The molecule has 5 heteroatoms. The average molecular weight is 342 g/mol. The van der Waals surface area contributed by atoms with Crippen LogP contribution in [0.4, 0.5) is 0 Å². The van der Waals surface area contributed by atoms with Crippen LogP contribution in [0.25, 0.3) is 6.08 Å². The summed E-state index contributed by atoms with van der Waals surface area (Å²) in [5.74, 6) is 1.13. The van der Waals surface area contributed by atoms with Gasteiger partial charge in [0.25, 0.3) is 0 Å². The molecule has 0 aliphatic carbocycles. The lowest BCUT2D eigenvalue weighted by molar-refractivity contribution is -0.138. The summed E-state index contributed by atoms with van der Waals surface area (Å²) in [6.45, 7) is 2.24. The predicted molar refractivity (Wildman–Crippen MR) is 96.1 cm³/mol. The Morgan fingerprint density at radius 1 is 0.960 bits per heavy atom. The molecule has 0 saturated carbocycles. The Kier molecular flexibility index (Phi) is 6.46. The fourth-order valence-electron chi connectivity index (χ4n) is 2.25. The van der Waals surface area contributed by atoms with Gasteiger partial charge in [0.05, 0.1) is 21.3 Å². The standard InChI is InChI=1S/C20H22O5/c1-14-5-7-15(8-6-14)13-25-19(21)10-9-16-11-17(22-2)20(24-4)18(12-16)23-3/h5-12H,13H2,1-4H3. The van der Waals surface area contributed by atoms with E-state index >= 15 is 0 Å². The van der Waals surface area contributed by atoms with Crippen molar-refractivity contribution in [1.82, 2.24) is 0 Å². The Balaban J connectivity index is 2.05. The van der Waals surface area contributed by atoms with Gasteiger partial charge in [-0.05, 0) is 36.3 Å². The molecule has 0 bridgehead atoms. The third kappa shape index (κ3) is 5.01. The summed E-state index contributed by atoms with van der Waals surface area (Å²) >= 11 is 0. The minimum Gasteiger partial charge on any atom is -0.493 e.